The first-order valence-corrected chi connectivity index (χ1v) is 8.01. The topological polar surface area (TPSA) is 70.5 Å². The largest absolute Gasteiger partial charge is 0.485 e. The molecule has 0 bridgehead atoms. The average molecular weight is 302 g/mol. The van der Waals surface area contributed by atoms with Gasteiger partial charge >= 0.3 is 0 Å². The van der Waals surface area contributed by atoms with Crippen LogP contribution in [0.4, 0.5) is 0 Å². The summed E-state index contributed by atoms with van der Waals surface area (Å²) in [7, 11) is 0. The summed E-state index contributed by atoms with van der Waals surface area (Å²) in [5.41, 5.74) is 9.53. The van der Waals surface area contributed by atoms with Crippen LogP contribution in [0, 0.1) is 0 Å². The highest BCUT2D eigenvalue weighted by Crippen LogP contribution is 2.36. The Kier molecular flexibility index (Phi) is 5.03. The van der Waals surface area contributed by atoms with Crippen LogP contribution >= 0.6 is 0 Å². The first kappa shape index (κ1) is 15.0. The van der Waals surface area contributed by atoms with Crippen LogP contribution in [0.5, 0.6) is 11.5 Å². The van der Waals surface area contributed by atoms with Gasteiger partial charge in [-0.15, -0.1) is 0 Å². The van der Waals surface area contributed by atoms with Gasteiger partial charge in [-0.1, -0.05) is 23.7 Å². The molecule has 1 aromatic rings. The summed E-state index contributed by atoms with van der Waals surface area (Å²) >= 11 is 0. The maximum atomic E-state index is 8.33. The van der Waals surface area contributed by atoms with Gasteiger partial charge in [0.05, 0.1) is 0 Å². The number of piperidine rings is 1. The van der Waals surface area contributed by atoms with E-state index in [1.54, 1.807) is 0 Å². The Hall–Kier alpha value is -1.91. The van der Waals surface area contributed by atoms with Gasteiger partial charge in [-0.2, -0.15) is 0 Å². The summed E-state index contributed by atoms with van der Waals surface area (Å²) in [6.45, 7) is 4.22. The van der Waals surface area contributed by atoms with Crippen LogP contribution in [0.15, 0.2) is 23.3 Å². The molecular formula is C16H22N4O2. The first-order valence-electron chi connectivity index (χ1n) is 8.01. The van der Waals surface area contributed by atoms with Crippen molar-refractivity contribution >= 4 is 0 Å². The first-order chi connectivity index (χ1) is 10.9. The minimum absolute atomic E-state index is 0.0387. The maximum absolute atomic E-state index is 8.33. The Morgan fingerprint density at radius 2 is 2.14 bits per heavy atom. The lowest BCUT2D eigenvalue weighted by Gasteiger charge is -2.30. The van der Waals surface area contributed by atoms with Gasteiger partial charge in [-0.05, 0) is 43.9 Å². The van der Waals surface area contributed by atoms with Gasteiger partial charge in [0.1, 0.15) is 12.7 Å². The minimum atomic E-state index is -0.0387. The zero-order chi connectivity index (χ0) is 15.2. The Balaban J connectivity index is 1.65. The Labute approximate surface area is 130 Å². The van der Waals surface area contributed by atoms with E-state index in [0.717, 1.165) is 18.0 Å². The molecule has 2 aliphatic rings. The molecule has 0 radical (unpaired) electrons. The second-order valence-electron chi connectivity index (χ2n) is 5.88. The zero-order valence-corrected chi connectivity index (χ0v) is 12.8. The molecule has 1 fully saturated rings. The van der Waals surface area contributed by atoms with Gasteiger partial charge in [0.2, 0.25) is 0 Å². The number of benzene rings is 1. The Morgan fingerprint density at radius 1 is 1.27 bits per heavy atom. The number of ether oxygens (including phenoxy) is 2. The molecule has 0 spiro atoms. The summed E-state index contributed by atoms with van der Waals surface area (Å²) in [5, 5.41) is 3.56. The van der Waals surface area contributed by atoms with Crippen molar-refractivity contribution in [3.63, 3.8) is 0 Å². The van der Waals surface area contributed by atoms with Crippen molar-refractivity contribution in [2.75, 3.05) is 26.2 Å². The molecule has 0 saturated carbocycles. The van der Waals surface area contributed by atoms with E-state index in [0.29, 0.717) is 19.6 Å². The van der Waals surface area contributed by atoms with Crippen molar-refractivity contribution in [1.82, 2.24) is 4.90 Å². The molecule has 6 nitrogen and oxygen atoms in total. The quantitative estimate of drug-likeness (QED) is 0.474. The molecule has 1 saturated heterocycles. The molecule has 0 aliphatic carbocycles. The lowest BCUT2D eigenvalue weighted by atomic mass is 10.1. The number of likely N-dealkylation sites (tertiary alicyclic amines) is 1. The standard InChI is InChI=1S/C16H22N4O2/c17-19-18-8-7-14-12-21-16-13(5-4-6-15(16)22-14)11-20-9-2-1-3-10-20/h4-6,14H,1-3,7-12H2. The third kappa shape index (κ3) is 3.64. The van der Waals surface area contributed by atoms with Crippen LogP contribution < -0.4 is 9.47 Å². The number of fused-ring (bicyclic) bond motifs is 1. The van der Waals surface area contributed by atoms with Gasteiger partial charge in [0.25, 0.3) is 0 Å². The van der Waals surface area contributed by atoms with Gasteiger partial charge < -0.3 is 9.47 Å². The van der Waals surface area contributed by atoms with Crippen LogP contribution in [-0.4, -0.2) is 37.2 Å². The fourth-order valence-corrected chi connectivity index (χ4v) is 3.08. The molecule has 0 N–H and O–H groups in total. The Bertz CT molecular complexity index is 551. The molecule has 6 heteroatoms. The lowest BCUT2D eigenvalue weighted by molar-refractivity contribution is 0.0842. The van der Waals surface area contributed by atoms with Crippen molar-refractivity contribution in [2.24, 2.45) is 5.11 Å². The van der Waals surface area contributed by atoms with E-state index in [1.165, 1.54) is 37.9 Å². The van der Waals surface area contributed by atoms with Crippen LogP contribution in [0.3, 0.4) is 0 Å². The fourth-order valence-electron chi connectivity index (χ4n) is 3.08. The molecule has 2 heterocycles. The summed E-state index contributed by atoms with van der Waals surface area (Å²) in [4.78, 5) is 5.25. The number of hydrogen-bond donors (Lipinski definition) is 0. The third-order valence-corrected chi connectivity index (χ3v) is 4.22. The maximum Gasteiger partial charge on any atom is 0.165 e. The van der Waals surface area contributed by atoms with E-state index in [9.17, 15) is 0 Å². The molecule has 3 rings (SSSR count). The van der Waals surface area contributed by atoms with E-state index >= 15 is 0 Å². The molecule has 1 aromatic carbocycles. The van der Waals surface area contributed by atoms with Crippen LogP contribution in [-0.2, 0) is 6.54 Å². The van der Waals surface area contributed by atoms with Gasteiger partial charge in [-0.25, -0.2) is 0 Å². The second kappa shape index (κ2) is 7.38. The van der Waals surface area contributed by atoms with Gasteiger partial charge in [0, 0.05) is 23.6 Å². The van der Waals surface area contributed by atoms with E-state index in [2.05, 4.69) is 21.0 Å². The monoisotopic (exact) mass is 302 g/mol. The number of para-hydroxylation sites is 1. The molecule has 1 unspecified atom stereocenters. The van der Waals surface area contributed by atoms with Gasteiger partial charge in [0.15, 0.2) is 11.5 Å². The van der Waals surface area contributed by atoms with Crippen LogP contribution in [0.2, 0.25) is 0 Å². The van der Waals surface area contributed by atoms with E-state index in [-0.39, 0.29) is 6.10 Å². The van der Waals surface area contributed by atoms with E-state index in [1.807, 2.05) is 12.1 Å². The number of hydrogen-bond acceptors (Lipinski definition) is 4. The Morgan fingerprint density at radius 3 is 2.95 bits per heavy atom. The van der Waals surface area contributed by atoms with Crippen molar-refractivity contribution < 1.29 is 9.47 Å². The molecule has 1 atom stereocenters. The van der Waals surface area contributed by atoms with Crippen molar-refractivity contribution in [3.05, 3.63) is 34.2 Å². The number of azide groups is 1. The predicted octanol–water partition coefficient (Wildman–Crippen LogP) is 3.51. The zero-order valence-electron chi connectivity index (χ0n) is 12.8. The highest BCUT2D eigenvalue weighted by molar-refractivity contribution is 5.47. The molecule has 0 aromatic heterocycles. The van der Waals surface area contributed by atoms with E-state index in [4.69, 9.17) is 15.0 Å². The molecule has 118 valence electrons. The number of rotatable bonds is 5. The summed E-state index contributed by atoms with van der Waals surface area (Å²) in [6, 6.07) is 6.10. The predicted molar refractivity (Wildman–Crippen MR) is 84.1 cm³/mol. The highest BCUT2D eigenvalue weighted by Gasteiger charge is 2.23. The van der Waals surface area contributed by atoms with Crippen molar-refractivity contribution in [1.29, 1.82) is 0 Å². The highest BCUT2D eigenvalue weighted by atomic mass is 16.6. The smallest absolute Gasteiger partial charge is 0.165 e. The second-order valence-corrected chi connectivity index (χ2v) is 5.88. The van der Waals surface area contributed by atoms with Crippen molar-refractivity contribution in [2.45, 2.75) is 38.3 Å². The summed E-state index contributed by atoms with van der Waals surface area (Å²) in [6.07, 6.45) is 4.56. The van der Waals surface area contributed by atoms with E-state index < -0.39 is 0 Å². The normalized spacial score (nSPS) is 21.2. The summed E-state index contributed by atoms with van der Waals surface area (Å²) < 4.78 is 11.9. The SMILES string of the molecule is [N-]=[N+]=NCCC1COc2c(CN3CCCCC3)cccc2O1. The average Bonchev–Trinajstić information content (AvgIpc) is 2.56. The van der Waals surface area contributed by atoms with Crippen LogP contribution in [0.25, 0.3) is 10.4 Å². The molecule has 2 aliphatic heterocycles. The minimum Gasteiger partial charge on any atom is -0.485 e. The fraction of sp³-hybridized carbons (Fsp3) is 0.625. The summed E-state index contributed by atoms with van der Waals surface area (Å²) in [5.74, 6) is 1.69. The molecular weight excluding hydrogens is 280 g/mol. The lowest BCUT2D eigenvalue weighted by Crippen LogP contribution is -2.32. The third-order valence-electron chi connectivity index (χ3n) is 4.22. The molecule has 0 amide bonds. The molecule has 22 heavy (non-hydrogen) atoms. The van der Waals surface area contributed by atoms with Crippen LogP contribution in [0.1, 0.15) is 31.2 Å². The van der Waals surface area contributed by atoms with Gasteiger partial charge in [-0.3, -0.25) is 4.90 Å². The van der Waals surface area contributed by atoms with Crippen molar-refractivity contribution in [3.8, 4) is 11.5 Å². The number of nitrogens with zero attached hydrogens (tertiary/aromatic N) is 4.